The van der Waals surface area contributed by atoms with Gasteiger partial charge in [0.15, 0.2) is 0 Å². The number of carboxylic acids is 1. The number of nitrogens with zero attached hydrogens (tertiary/aromatic N) is 1. The van der Waals surface area contributed by atoms with E-state index in [1.54, 1.807) is 11.0 Å². The molecule has 0 aliphatic rings. The minimum absolute atomic E-state index is 0.104. The number of carboxylic acid groups (broad SMARTS) is 1. The van der Waals surface area contributed by atoms with Gasteiger partial charge in [0.25, 0.3) is 0 Å². The van der Waals surface area contributed by atoms with Gasteiger partial charge < -0.3 is 14.9 Å². The highest BCUT2D eigenvalue weighted by molar-refractivity contribution is 5.69. The summed E-state index contributed by atoms with van der Waals surface area (Å²) in [5.41, 5.74) is 0. The van der Waals surface area contributed by atoms with E-state index in [0.717, 1.165) is 0 Å². The lowest BCUT2D eigenvalue weighted by molar-refractivity contribution is -0.138. The lowest BCUT2D eigenvalue weighted by Gasteiger charge is -2.21. The number of rotatable bonds is 8. The third kappa shape index (κ3) is 6.59. The van der Waals surface area contributed by atoms with E-state index in [0.29, 0.717) is 6.54 Å². The standard InChI is InChI=1S/C9H17NO4/c1-3-4-10(6-9(12)13)5-8(11)7-14-2/h3,8,11H,1,4-7H2,2H3,(H,12,13). The Hall–Kier alpha value is -0.910. The normalized spacial score (nSPS) is 12.8. The summed E-state index contributed by atoms with van der Waals surface area (Å²) in [4.78, 5) is 12.0. The van der Waals surface area contributed by atoms with Crippen LogP contribution in [0.2, 0.25) is 0 Å². The monoisotopic (exact) mass is 203 g/mol. The van der Waals surface area contributed by atoms with Crippen LogP contribution >= 0.6 is 0 Å². The molecule has 0 aromatic rings. The van der Waals surface area contributed by atoms with Crippen molar-refractivity contribution in [2.45, 2.75) is 6.10 Å². The van der Waals surface area contributed by atoms with Gasteiger partial charge in [-0.3, -0.25) is 9.69 Å². The molecule has 0 radical (unpaired) electrons. The number of ether oxygens (including phenoxy) is 1. The van der Waals surface area contributed by atoms with Gasteiger partial charge in [-0.15, -0.1) is 6.58 Å². The van der Waals surface area contributed by atoms with Crippen molar-refractivity contribution in [2.24, 2.45) is 0 Å². The van der Waals surface area contributed by atoms with E-state index >= 15 is 0 Å². The third-order valence-corrected chi connectivity index (χ3v) is 1.57. The van der Waals surface area contributed by atoms with Crippen molar-refractivity contribution in [3.63, 3.8) is 0 Å². The van der Waals surface area contributed by atoms with Crippen LogP contribution in [-0.2, 0) is 9.53 Å². The number of hydrogen-bond donors (Lipinski definition) is 2. The molecule has 0 fully saturated rings. The lowest BCUT2D eigenvalue weighted by Crippen LogP contribution is -2.38. The van der Waals surface area contributed by atoms with E-state index in [4.69, 9.17) is 9.84 Å². The van der Waals surface area contributed by atoms with Crippen molar-refractivity contribution in [1.29, 1.82) is 0 Å². The van der Waals surface area contributed by atoms with Crippen LogP contribution in [-0.4, -0.2) is 60.5 Å². The number of aliphatic carboxylic acids is 1. The summed E-state index contributed by atoms with van der Waals surface area (Å²) in [6, 6.07) is 0. The first-order valence-electron chi connectivity index (χ1n) is 4.32. The van der Waals surface area contributed by atoms with Gasteiger partial charge in [-0.1, -0.05) is 6.08 Å². The van der Waals surface area contributed by atoms with Crippen LogP contribution in [0.1, 0.15) is 0 Å². The minimum Gasteiger partial charge on any atom is -0.480 e. The fourth-order valence-corrected chi connectivity index (χ4v) is 1.12. The molecular weight excluding hydrogens is 186 g/mol. The number of carbonyl (C=O) groups is 1. The maximum atomic E-state index is 10.4. The van der Waals surface area contributed by atoms with E-state index < -0.39 is 12.1 Å². The molecule has 5 nitrogen and oxygen atoms in total. The van der Waals surface area contributed by atoms with Gasteiger partial charge in [-0.2, -0.15) is 0 Å². The molecule has 2 N–H and O–H groups in total. The molecule has 0 aromatic carbocycles. The van der Waals surface area contributed by atoms with Crippen molar-refractivity contribution in [1.82, 2.24) is 4.90 Å². The van der Waals surface area contributed by atoms with Crippen LogP contribution in [0.3, 0.4) is 0 Å². The van der Waals surface area contributed by atoms with E-state index in [2.05, 4.69) is 6.58 Å². The molecule has 0 saturated heterocycles. The van der Waals surface area contributed by atoms with Gasteiger partial charge in [-0.05, 0) is 0 Å². The lowest BCUT2D eigenvalue weighted by atomic mass is 10.3. The van der Waals surface area contributed by atoms with Crippen LogP contribution in [0.5, 0.6) is 0 Å². The first-order chi connectivity index (χ1) is 6.60. The Morgan fingerprint density at radius 1 is 1.71 bits per heavy atom. The molecule has 0 amide bonds. The summed E-state index contributed by atoms with van der Waals surface area (Å²) in [6.45, 7) is 4.32. The highest BCUT2D eigenvalue weighted by Gasteiger charge is 2.12. The Balaban J connectivity index is 3.93. The molecule has 0 saturated carbocycles. The van der Waals surface area contributed by atoms with Crippen molar-refractivity contribution >= 4 is 5.97 Å². The highest BCUT2D eigenvalue weighted by Crippen LogP contribution is 1.94. The quantitative estimate of drug-likeness (QED) is 0.524. The van der Waals surface area contributed by atoms with Gasteiger partial charge in [0.2, 0.25) is 0 Å². The molecule has 0 heterocycles. The number of methoxy groups -OCH3 is 1. The molecule has 0 bridgehead atoms. The Morgan fingerprint density at radius 2 is 2.36 bits per heavy atom. The second kappa shape index (κ2) is 7.49. The van der Waals surface area contributed by atoms with E-state index in [1.807, 2.05) is 0 Å². The van der Waals surface area contributed by atoms with Crippen molar-refractivity contribution in [2.75, 3.05) is 33.4 Å². The second-order valence-electron chi connectivity index (χ2n) is 2.99. The second-order valence-corrected chi connectivity index (χ2v) is 2.99. The van der Waals surface area contributed by atoms with Gasteiger partial charge in [0.1, 0.15) is 0 Å². The Labute approximate surface area is 83.6 Å². The van der Waals surface area contributed by atoms with Crippen LogP contribution in [0, 0.1) is 0 Å². The molecule has 14 heavy (non-hydrogen) atoms. The predicted molar refractivity (Wildman–Crippen MR) is 52.2 cm³/mol. The van der Waals surface area contributed by atoms with Crippen molar-refractivity contribution in [3.05, 3.63) is 12.7 Å². The summed E-state index contributed by atoms with van der Waals surface area (Å²) in [7, 11) is 1.48. The summed E-state index contributed by atoms with van der Waals surface area (Å²) in [5, 5.41) is 17.9. The summed E-state index contributed by atoms with van der Waals surface area (Å²) in [5.74, 6) is -0.920. The van der Waals surface area contributed by atoms with Crippen LogP contribution in [0.15, 0.2) is 12.7 Å². The maximum absolute atomic E-state index is 10.4. The first kappa shape index (κ1) is 13.1. The number of aliphatic hydroxyl groups excluding tert-OH is 1. The van der Waals surface area contributed by atoms with E-state index in [9.17, 15) is 9.90 Å². The van der Waals surface area contributed by atoms with Crippen LogP contribution in [0.25, 0.3) is 0 Å². The Morgan fingerprint density at radius 3 is 2.79 bits per heavy atom. The minimum atomic E-state index is -0.920. The molecule has 0 aromatic heterocycles. The average molecular weight is 203 g/mol. The Bertz CT molecular complexity index is 184. The zero-order chi connectivity index (χ0) is 11.0. The molecule has 0 spiro atoms. The van der Waals surface area contributed by atoms with Crippen molar-refractivity contribution < 1.29 is 19.7 Å². The molecule has 0 rings (SSSR count). The van der Waals surface area contributed by atoms with Crippen LogP contribution in [0.4, 0.5) is 0 Å². The largest absolute Gasteiger partial charge is 0.480 e. The Kier molecular flexibility index (Phi) is 7.00. The zero-order valence-electron chi connectivity index (χ0n) is 8.35. The molecule has 5 heteroatoms. The fraction of sp³-hybridized carbons (Fsp3) is 0.667. The molecule has 1 atom stereocenters. The molecule has 1 unspecified atom stereocenters. The number of hydrogen-bond acceptors (Lipinski definition) is 4. The fourth-order valence-electron chi connectivity index (χ4n) is 1.12. The van der Waals surface area contributed by atoms with Gasteiger partial charge in [-0.25, -0.2) is 0 Å². The molecule has 0 aliphatic heterocycles. The topological polar surface area (TPSA) is 70.0 Å². The van der Waals surface area contributed by atoms with Crippen molar-refractivity contribution in [3.8, 4) is 0 Å². The smallest absolute Gasteiger partial charge is 0.317 e. The average Bonchev–Trinajstić information content (AvgIpc) is 2.03. The van der Waals surface area contributed by atoms with E-state index in [-0.39, 0.29) is 19.7 Å². The van der Waals surface area contributed by atoms with Gasteiger partial charge in [0, 0.05) is 20.2 Å². The summed E-state index contributed by atoms with van der Waals surface area (Å²) in [6.07, 6.45) is 0.932. The van der Waals surface area contributed by atoms with Gasteiger partial charge >= 0.3 is 5.97 Å². The third-order valence-electron chi connectivity index (χ3n) is 1.57. The SMILES string of the molecule is C=CCN(CC(=O)O)CC(O)COC. The number of aliphatic hydroxyl groups is 1. The summed E-state index contributed by atoms with van der Waals surface area (Å²) < 4.78 is 4.74. The molecular formula is C9H17NO4. The molecule has 82 valence electrons. The zero-order valence-corrected chi connectivity index (χ0v) is 8.35. The predicted octanol–water partition coefficient (Wildman–Crippen LogP) is -0.434. The maximum Gasteiger partial charge on any atom is 0.317 e. The highest BCUT2D eigenvalue weighted by atomic mass is 16.5. The van der Waals surface area contributed by atoms with Gasteiger partial charge in [0.05, 0.1) is 19.3 Å². The summed E-state index contributed by atoms with van der Waals surface area (Å²) >= 11 is 0. The van der Waals surface area contributed by atoms with E-state index in [1.165, 1.54) is 7.11 Å². The van der Waals surface area contributed by atoms with Crippen LogP contribution < -0.4 is 0 Å². The molecule has 0 aliphatic carbocycles. The first-order valence-corrected chi connectivity index (χ1v) is 4.32.